The van der Waals surface area contributed by atoms with Crippen molar-refractivity contribution in [2.45, 2.75) is 32.7 Å². The molecule has 106 valence electrons. The van der Waals surface area contributed by atoms with E-state index < -0.39 is 33.8 Å². The third kappa shape index (κ3) is 7.23. The van der Waals surface area contributed by atoms with Crippen molar-refractivity contribution >= 4 is 22.0 Å². The molecule has 0 radical (unpaired) electrons. The summed E-state index contributed by atoms with van der Waals surface area (Å²) in [4.78, 5) is 21.7. The van der Waals surface area contributed by atoms with Crippen molar-refractivity contribution in [3.63, 3.8) is 0 Å². The largest absolute Gasteiger partial charge is 0.480 e. The molecule has 8 heteroatoms. The minimum atomic E-state index is -3.81. The number of carboxylic acid groups (broad SMARTS) is 1. The Morgan fingerprint density at radius 1 is 1.33 bits per heavy atom. The molecule has 0 saturated heterocycles. The Balaban J connectivity index is 4.51. The van der Waals surface area contributed by atoms with Crippen LogP contribution in [0.4, 0.5) is 0 Å². The van der Waals surface area contributed by atoms with Crippen LogP contribution < -0.4 is 4.72 Å². The summed E-state index contributed by atoms with van der Waals surface area (Å²) in [5.74, 6) is -2.34. The van der Waals surface area contributed by atoms with E-state index in [1.807, 2.05) is 0 Å². The van der Waals surface area contributed by atoms with E-state index in [1.54, 1.807) is 13.8 Å². The van der Waals surface area contributed by atoms with Crippen molar-refractivity contribution < 1.29 is 27.9 Å². The highest BCUT2D eigenvalue weighted by atomic mass is 32.2. The molecule has 0 bridgehead atoms. The quantitative estimate of drug-likeness (QED) is 0.604. The minimum Gasteiger partial charge on any atom is -0.480 e. The highest BCUT2D eigenvalue weighted by Gasteiger charge is 2.25. The second-order valence-electron chi connectivity index (χ2n) is 4.28. The molecule has 0 aliphatic carbocycles. The lowest BCUT2D eigenvalue weighted by Crippen LogP contribution is -2.42. The molecule has 0 rings (SSSR count). The van der Waals surface area contributed by atoms with E-state index in [-0.39, 0.29) is 18.8 Å². The van der Waals surface area contributed by atoms with E-state index in [1.165, 1.54) is 0 Å². The predicted molar refractivity (Wildman–Crippen MR) is 64.4 cm³/mol. The van der Waals surface area contributed by atoms with Gasteiger partial charge in [-0.25, -0.2) is 13.1 Å². The summed E-state index contributed by atoms with van der Waals surface area (Å²) in [6, 6.07) is -1.17. The molecule has 0 fully saturated rings. The number of carbonyl (C=O) groups is 2. The van der Waals surface area contributed by atoms with Gasteiger partial charge in [-0.05, 0) is 12.3 Å². The minimum absolute atomic E-state index is 0.0365. The molecule has 0 aromatic carbocycles. The highest BCUT2D eigenvalue weighted by Crippen LogP contribution is 2.06. The van der Waals surface area contributed by atoms with Gasteiger partial charge in [-0.15, -0.1) is 0 Å². The van der Waals surface area contributed by atoms with Gasteiger partial charge in [-0.3, -0.25) is 9.59 Å². The van der Waals surface area contributed by atoms with E-state index in [2.05, 4.69) is 9.46 Å². The molecule has 0 aliphatic rings. The van der Waals surface area contributed by atoms with Crippen molar-refractivity contribution in [3.05, 3.63) is 0 Å². The highest BCUT2D eigenvalue weighted by molar-refractivity contribution is 7.89. The van der Waals surface area contributed by atoms with Gasteiger partial charge in [0.25, 0.3) is 0 Å². The lowest BCUT2D eigenvalue weighted by atomic mass is 10.1. The first-order valence-electron chi connectivity index (χ1n) is 5.47. The number of aliphatic carboxylic acids is 1. The molecule has 1 atom stereocenters. The van der Waals surface area contributed by atoms with Crippen LogP contribution >= 0.6 is 0 Å². The van der Waals surface area contributed by atoms with Crippen LogP contribution in [0.25, 0.3) is 0 Å². The van der Waals surface area contributed by atoms with Gasteiger partial charge in [-0.1, -0.05) is 13.8 Å². The number of carboxylic acids is 1. The summed E-state index contributed by atoms with van der Waals surface area (Å²) in [7, 11) is -2.65. The monoisotopic (exact) mass is 281 g/mol. The maximum Gasteiger partial charge on any atom is 0.321 e. The molecule has 7 nitrogen and oxygen atoms in total. The van der Waals surface area contributed by atoms with Crippen LogP contribution in [-0.4, -0.2) is 44.4 Å². The fraction of sp³-hybridized carbons (Fsp3) is 0.800. The normalized spacial score (nSPS) is 13.3. The number of methoxy groups -OCH3 is 1. The molecule has 0 spiro atoms. The predicted octanol–water partition coefficient (Wildman–Crippen LogP) is -0.0318. The third-order valence-corrected chi connectivity index (χ3v) is 3.51. The molecule has 0 aromatic heterocycles. The maximum atomic E-state index is 11.6. The van der Waals surface area contributed by atoms with Gasteiger partial charge < -0.3 is 9.84 Å². The second-order valence-corrected chi connectivity index (χ2v) is 6.16. The van der Waals surface area contributed by atoms with E-state index in [0.717, 1.165) is 7.11 Å². The Morgan fingerprint density at radius 2 is 1.89 bits per heavy atom. The zero-order valence-corrected chi connectivity index (χ0v) is 11.5. The third-order valence-electron chi connectivity index (χ3n) is 2.13. The fourth-order valence-electron chi connectivity index (χ4n) is 1.27. The average Bonchev–Trinajstić information content (AvgIpc) is 2.24. The number of esters is 1. The van der Waals surface area contributed by atoms with Gasteiger partial charge >= 0.3 is 11.9 Å². The molecule has 2 N–H and O–H groups in total. The molecule has 18 heavy (non-hydrogen) atoms. The van der Waals surface area contributed by atoms with Gasteiger partial charge in [0, 0.05) is 0 Å². The van der Waals surface area contributed by atoms with Crippen molar-refractivity contribution in [2.24, 2.45) is 5.92 Å². The Hall–Kier alpha value is -1.15. The summed E-state index contributed by atoms with van der Waals surface area (Å²) in [5.41, 5.74) is 0. The Kier molecular flexibility index (Phi) is 6.85. The van der Waals surface area contributed by atoms with Gasteiger partial charge in [0.2, 0.25) is 10.0 Å². The van der Waals surface area contributed by atoms with Crippen LogP contribution in [-0.2, 0) is 24.3 Å². The van der Waals surface area contributed by atoms with Crippen LogP contribution in [0.15, 0.2) is 0 Å². The zero-order chi connectivity index (χ0) is 14.3. The Bertz CT molecular complexity index is 389. The Morgan fingerprint density at radius 3 is 2.28 bits per heavy atom. The number of hydrogen-bond acceptors (Lipinski definition) is 5. The Labute approximate surface area is 107 Å². The lowest BCUT2D eigenvalue weighted by Gasteiger charge is -2.16. The van der Waals surface area contributed by atoms with Crippen molar-refractivity contribution in [2.75, 3.05) is 12.9 Å². The topological polar surface area (TPSA) is 110 Å². The standard InChI is InChI=1S/C10H19NO6S/c1-7(2)6-8(10(13)14)11-18(15,16)5-4-9(12)17-3/h7-8,11H,4-6H2,1-3H3,(H,13,14)/t8-/m0/s1. The van der Waals surface area contributed by atoms with Gasteiger partial charge in [0.1, 0.15) is 6.04 Å². The molecular weight excluding hydrogens is 262 g/mol. The van der Waals surface area contributed by atoms with Crippen molar-refractivity contribution in [3.8, 4) is 0 Å². The van der Waals surface area contributed by atoms with Gasteiger partial charge in [-0.2, -0.15) is 0 Å². The summed E-state index contributed by atoms with van der Waals surface area (Å²) in [6.45, 7) is 3.58. The average molecular weight is 281 g/mol. The first kappa shape index (κ1) is 16.9. The SMILES string of the molecule is COC(=O)CCS(=O)(=O)N[C@@H](CC(C)C)C(=O)O. The smallest absolute Gasteiger partial charge is 0.321 e. The molecular formula is C10H19NO6S. The molecule has 0 amide bonds. The molecule has 0 aliphatic heterocycles. The number of carbonyl (C=O) groups excluding carboxylic acids is 1. The summed E-state index contributed by atoms with van der Waals surface area (Å²) < 4.78 is 29.5. The molecule has 0 heterocycles. The van der Waals surface area contributed by atoms with E-state index >= 15 is 0 Å². The van der Waals surface area contributed by atoms with E-state index in [0.29, 0.717) is 0 Å². The zero-order valence-electron chi connectivity index (χ0n) is 10.7. The second kappa shape index (κ2) is 7.32. The summed E-state index contributed by atoms with van der Waals surface area (Å²) in [5, 5.41) is 8.89. The summed E-state index contributed by atoms with van der Waals surface area (Å²) in [6.07, 6.45) is -0.118. The molecule has 0 saturated carbocycles. The van der Waals surface area contributed by atoms with Crippen LogP contribution in [0, 0.1) is 5.92 Å². The van der Waals surface area contributed by atoms with Crippen molar-refractivity contribution in [1.29, 1.82) is 0 Å². The van der Waals surface area contributed by atoms with E-state index in [9.17, 15) is 18.0 Å². The van der Waals surface area contributed by atoms with Crippen molar-refractivity contribution in [1.82, 2.24) is 4.72 Å². The number of sulfonamides is 1. The van der Waals surface area contributed by atoms with Crippen LogP contribution in [0.5, 0.6) is 0 Å². The molecule has 0 unspecified atom stereocenters. The van der Waals surface area contributed by atoms with Crippen LogP contribution in [0.1, 0.15) is 26.7 Å². The first-order chi connectivity index (χ1) is 8.18. The number of ether oxygens (including phenoxy) is 1. The first-order valence-corrected chi connectivity index (χ1v) is 7.12. The fourth-order valence-corrected chi connectivity index (χ4v) is 2.45. The number of rotatable bonds is 8. The van der Waals surface area contributed by atoms with Gasteiger partial charge in [0.15, 0.2) is 0 Å². The van der Waals surface area contributed by atoms with Gasteiger partial charge in [0.05, 0.1) is 19.3 Å². The summed E-state index contributed by atoms with van der Waals surface area (Å²) >= 11 is 0. The maximum absolute atomic E-state index is 11.6. The number of hydrogen-bond donors (Lipinski definition) is 2. The van der Waals surface area contributed by atoms with E-state index in [4.69, 9.17) is 5.11 Å². The van der Waals surface area contributed by atoms with Crippen LogP contribution in [0.2, 0.25) is 0 Å². The molecule has 0 aromatic rings. The number of nitrogens with one attached hydrogen (secondary N) is 1. The lowest BCUT2D eigenvalue weighted by molar-refractivity contribution is -0.140. The van der Waals surface area contributed by atoms with Crippen LogP contribution in [0.3, 0.4) is 0 Å².